The summed E-state index contributed by atoms with van der Waals surface area (Å²) >= 11 is 8.66. The smallest absolute Gasteiger partial charge is 0.253 e. The average Bonchev–Trinajstić information content (AvgIpc) is 3.58. The molecule has 4 aromatic rings. The highest BCUT2D eigenvalue weighted by Crippen LogP contribution is 2.42. The number of rotatable bonds is 5. The van der Waals surface area contributed by atoms with Gasteiger partial charge in [0.2, 0.25) is 0 Å². The Bertz CT molecular complexity index is 1460. The molecule has 0 saturated carbocycles. The van der Waals surface area contributed by atoms with Crippen molar-refractivity contribution in [2.24, 2.45) is 0 Å². The van der Waals surface area contributed by atoms with Gasteiger partial charge >= 0.3 is 0 Å². The standard InChI is InChI=1S/C24H21ClN2O5S3/c25-21-5-6-22(34-21)35(28,29)27-8-10-31-23-16(13-27)11-15(12-19(23)32-17-7-9-30-14-17)24-26-18-3-1-2-4-20(18)33-24/h1-6,11-12,17H,7-10,13-14H2. The summed E-state index contributed by atoms with van der Waals surface area (Å²) in [6, 6.07) is 15.0. The minimum Gasteiger partial charge on any atom is -0.488 e. The Morgan fingerprint density at radius 2 is 2.00 bits per heavy atom. The van der Waals surface area contributed by atoms with Crippen LogP contribution in [0.25, 0.3) is 20.8 Å². The predicted octanol–water partition coefficient (Wildman–Crippen LogP) is 5.43. The summed E-state index contributed by atoms with van der Waals surface area (Å²) in [5, 5.41) is 0.838. The number of ether oxygens (including phenoxy) is 3. The molecule has 0 amide bonds. The molecular formula is C24H21ClN2O5S3. The summed E-state index contributed by atoms with van der Waals surface area (Å²) in [4.78, 5) is 4.80. The first kappa shape index (κ1) is 23.2. The third-order valence-electron chi connectivity index (χ3n) is 5.93. The van der Waals surface area contributed by atoms with E-state index in [0.29, 0.717) is 29.0 Å². The first-order chi connectivity index (χ1) is 17.0. The molecule has 11 heteroatoms. The molecule has 2 aliphatic rings. The van der Waals surface area contributed by atoms with Crippen LogP contribution >= 0.6 is 34.3 Å². The first-order valence-corrected chi connectivity index (χ1v) is 14.6. The normalized spacial score (nSPS) is 18.8. The number of hydrogen-bond acceptors (Lipinski definition) is 8. The van der Waals surface area contributed by atoms with Crippen molar-refractivity contribution in [1.82, 2.24) is 9.29 Å². The highest BCUT2D eigenvalue weighted by Gasteiger charge is 2.31. The van der Waals surface area contributed by atoms with Crippen LogP contribution in [0.15, 0.2) is 52.7 Å². The van der Waals surface area contributed by atoms with Crippen molar-refractivity contribution in [3.05, 3.63) is 58.4 Å². The monoisotopic (exact) mass is 548 g/mol. The molecule has 2 aromatic heterocycles. The molecule has 182 valence electrons. The Balaban J connectivity index is 1.43. The van der Waals surface area contributed by atoms with Crippen LogP contribution in [0.3, 0.4) is 0 Å². The zero-order valence-electron chi connectivity index (χ0n) is 18.5. The maximum absolute atomic E-state index is 13.4. The van der Waals surface area contributed by atoms with Crippen LogP contribution in [-0.2, 0) is 21.3 Å². The molecule has 2 aromatic carbocycles. The van der Waals surface area contributed by atoms with Gasteiger partial charge in [-0.15, -0.1) is 22.7 Å². The lowest BCUT2D eigenvalue weighted by Gasteiger charge is -2.20. The number of halogens is 1. The average molecular weight is 549 g/mol. The molecule has 0 radical (unpaired) electrons. The topological polar surface area (TPSA) is 78.0 Å². The molecule has 0 bridgehead atoms. The molecule has 1 unspecified atom stereocenters. The van der Waals surface area contributed by atoms with Crippen molar-refractivity contribution in [2.75, 3.05) is 26.4 Å². The van der Waals surface area contributed by atoms with Crippen molar-refractivity contribution in [3.63, 3.8) is 0 Å². The fourth-order valence-corrected chi connectivity index (χ4v) is 8.21. The van der Waals surface area contributed by atoms with Crippen molar-refractivity contribution in [3.8, 4) is 22.1 Å². The van der Waals surface area contributed by atoms with Crippen LogP contribution in [0, 0.1) is 0 Å². The summed E-state index contributed by atoms with van der Waals surface area (Å²) in [6.07, 6.45) is 0.712. The zero-order valence-corrected chi connectivity index (χ0v) is 21.7. The van der Waals surface area contributed by atoms with E-state index in [9.17, 15) is 8.42 Å². The number of sulfonamides is 1. The van der Waals surface area contributed by atoms with Crippen LogP contribution < -0.4 is 9.47 Å². The zero-order chi connectivity index (χ0) is 24.0. The number of hydrogen-bond donors (Lipinski definition) is 0. The molecule has 1 atom stereocenters. The van der Waals surface area contributed by atoms with Gasteiger partial charge in [-0.1, -0.05) is 23.7 Å². The Hall–Kier alpha value is -2.21. The second-order valence-electron chi connectivity index (χ2n) is 8.30. The number of aromatic nitrogens is 1. The molecule has 6 rings (SSSR count). The Labute approximate surface area is 215 Å². The van der Waals surface area contributed by atoms with Crippen LogP contribution in [0.1, 0.15) is 12.0 Å². The minimum atomic E-state index is -3.73. The lowest BCUT2D eigenvalue weighted by molar-refractivity contribution is 0.137. The third-order valence-corrected chi connectivity index (χ3v) is 10.6. The fraction of sp³-hybridized carbons (Fsp3) is 0.292. The molecule has 2 aliphatic heterocycles. The van der Waals surface area contributed by atoms with Gasteiger partial charge in [0.25, 0.3) is 10.0 Å². The number of thiazole rings is 1. The highest BCUT2D eigenvalue weighted by molar-refractivity contribution is 7.91. The molecule has 0 N–H and O–H groups in total. The fourth-order valence-electron chi connectivity index (χ4n) is 4.22. The SMILES string of the molecule is O=S(=O)(c1ccc(Cl)s1)N1CCOc2c(cc(-c3nc4ccccc4s3)cc2OC2CCOC2)C1. The molecule has 1 fully saturated rings. The van der Waals surface area contributed by atoms with Crippen LogP contribution in [-0.4, -0.2) is 50.2 Å². The molecule has 4 heterocycles. The van der Waals surface area contributed by atoms with Gasteiger partial charge in [-0.3, -0.25) is 0 Å². The Kier molecular flexibility index (Phi) is 6.20. The van der Waals surface area contributed by atoms with E-state index in [4.69, 9.17) is 30.8 Å². The Morgan fingerprint density at radius 3 is 2.77 bits per heavy atom. The number of para-hydroxylation sites is 1. The van der Waals surface area contributed by atoms with Crippen molar-refractivity contribution < 1.29 is 22.6 Å². The first-order valence-electron chi connectivity index (χ1n) is 11.1. The van der Waals surface area contributed by atoms with E-state index < -0.39 is 10.0 Å². The van der Waals surface area contributed by atoms with Gasteiger partial charge in [-0.2, -0.15) is 4.31 Å². The predicted molar refractivity (Wildman–Crippen MR) is 137 cm³/mol. The molecule has 7 nitrogen and oxygen atoms in total. The quantitative estimate of drug-likeness (QED) is 0.331. The van der Waals surface area contributed by atoms with E-state index in [1.165, 1.54) is 4.31 Å². The van der Waals surface area contributed by atoms with Gasteiger partial charge in [0, 0.05) is 30.6 Å². The van der Waals surface area contributed by atoms with Crippen LogP contribution in [0.4, 0.5) is 0 Å². The van der Waals surface area contributed by atoms with E-state index in [1.54, 1.807) is 23.5 Å². The summed E-state index contributed by atoms with van der Waals surface area (Å²) < 4.78 is 47.8. The van der Waals surface area contributed by atoms with E-state index in [1.807, 2.05) is 36.4 Å². The van der Waals surface area contributed by atoms with Crippen molar-refractivity contribution >= 4 is 54.5 Å². The second kappa shape index (κ2) is 9.34. The molecule has 0 spiro atoms. The van der Waals surface area contributed by atoms with Crippen molar-refractivity contribution in [1.29, 1.82) is 0 Å². The number of thiophene rings is 1. The van der Waals surface area contributed by atoms with E-state index in [0.717, 1.165) is 44.1 Å². The molecule has 0 aliphatic carbocycles. The van der Waals surface area contributed by atoms with E-state index in [2.05, 4.69) is 0 Å². The number of fused-ring (bicyclic) bond motifs is 2. The van der Waals surface area contributed by atoms with Gasteiger partial charge in [-0.25, -0.2) is 13.4 Å². The summed E-state index contributed by atoms with van der Waals surface area (Å²) in [5.41, 5.74) is 2.52. The number of nitrogens with zero attached hydrogens (tertiary/aromatic N) is 2. The third kappa shape index (κ3) is 4.54. The van der Waals surface area contributed by atoms with E-state index in [-0.39, 0.29) is 30.0 Å². The van der Waals surface area contributed by atoms with Gasteiger partial charge in [-0.05, 0) is 36.4 Å². The van der Waals surface area contributed by atoms with Gasteiger partial charge in [0.05, 0.1) is 27.8 Å². The summed E-state index contributed by atoms with van der Waals surface area (Å²) in [5.74, 6) is 1.16. The summed E-state index contributed by atoms with van der Waals surface area (Å²) in [7, 11) is -3.73. The van der Waals surface area contributed by atoms with Crippen LogP contribution in [0.5, 0.6) is 11.5 Å². The molecule has 1 saturated heterocycles. The summed E-state index contributed by atoms with van der Waals surface area (Å²) in [6.45, 7) is 1.75. The van der Waals surface area contributed by atoms with E-state index >= 15 is 0 Å². The lowest BCUT2D eigenvalue weighted by Crippen LogP contribution is -2.32. The van der Waals surface area contributed by atoms with Gasteiger partial charge in [0.15, 0.2) is 11.5 Å². The molecule has 35 heavy (non-hydrogen) atoms. The van der Waals surface area contributed by atoms with Gasteiger partial charge in [0.1, 0.15) is 21.9 Å². The van der Waals surface area contributed by atoms with Crippen LogP contribution in [0.2, 0.25) is 4.34 Å². The lowest BCUT2D eigenvalue weighted by atomic mass is 10.1. The second-order valence-corrected chi connectivity index (χ2v) is 13.2. The minimum absolute atomic E-state index is 0.0790. The number of benzene rings is 2. The Morgan fingerprint density at radius 1 is 1.11 bits per heavy atom. The van der Waals surface area contributed by atoms with Crippen molar-refractivity contribution in [2.45, 2.75) is 23.3 Å². The maximum Gasteiger partial charge on any atom is 0.253 e. The highest BCUT2D eigenvalue weighted by atomic mass is 35.5. The molecular weight excluding hydrogens is 528 g/mol. The largest absolute Gasteiger partial charge is 0.488 e. The maximum atomic E-state index is 13.4. The van der Waals surface area contributed by atoms with Gasteiger partial charge < -0.3 is 14.2 Å².